The largest absolute Gasteiger partial charge is 0.390 e. The van der Waals surface area contributed by atoms with E-state index >= 15 is 0 Å². The minimum atomic E-state index is -0.349. The van der Waals surface area contributed by atoms with Crippen molar-refractivity contribution < 1.29 is 5.11 Å². The van der Waals surface area contributed by atoms with Crippen LogP contribution in [-0.4, -0.2) is 46.8 Å². The van der Waals surface area contributed by atoms with Crippen molar-refractivity contribution in [3.8, 4) is 0 Å². The number of aliphatic hydroxyl groups excluding tert-OH is 1. The van der Waals surface area contributed by atoms with Crippen LogP contribution in [-0.2, 0) is 6.54 Å². The average molecular weight is 257 g/mol. The van der Waals surface area contributed by atoms with Crippen LogP contribution in [0.1, 0.15) is 26.5 Å². The van der Waals surface area contributed by atoms with Crippen LogP contribution in [0, 0.1) is 0 Å². The first-order valence-corrected chi connectivity index (χ1v) is 6.80. The molecule has 1 unspecified atom stereocenters. The maximum absolute atomic E-state index is 9.89. The quantitative estimate of drug-likeness (QED) is 0.807. The Hall–Kier alpha value is -0.490. The van der Waals surface area contributed by atoms with Gasteiger partial charge in [0.2, 0.25) is 0 Å². The number of aromatic nitrogens is 1. The standard InChI is InChI=1S/C12H23N3OS/c1-12(2,3)14-5-11(16)7-15(4)6-10-8-17-9-13-10/h8-9,11,14,16H,5-7H2,1-4H3. The van der Waals surface area contributed by atoms with Gasteiger partial charge in [0.05, 0.1) is 17.3 Å². The summed E-state index contributed by atoms with van der Waals surface area (Å²) in [6.07, 6.45) is -0.349. The first-order chi connectivity index (χ1) is 7.87. The third-order valence-corrected chi connectivity index (χ3v) is 2.94. The molecule has 1 aromatic heterocycles. The number of β-amino-alcohol motifs (C(OH)–C–C–N with tert-alkyl or cyclic N) is 1. The van der Waals surface area contributed by atoms with Gasteiger partial charge in [0.15, 0.2) is 0 Å². The normalized spacial score (nSPS) is 14.2. The molecule has 17 heavy (non-hydrogen) atoms. The number of likely N-dealkylation sites (N-methyl/N-ethyl adjacent to an activating group) is 1. The second-order valence-corrected chi connectivity index (χ2v) is 6.18. The van der Waals surface area contributed by atoms with E-state index in [2.05, 4.69) is 36.0 Å². The summed E-state index contributed by atoms with van der Waals surface area (Å²) in [4.78, 5) is 6.32. The molecule has 1 aromatic rings. The average Bonchev–Trinajstić information content (AvgIpc) is 2.66. The molecule has 0 aromatic carbocycles. The summed E-state index contributed by atoms with van der Waals surface area (Å²) >= 11 is 1.60. The summed E-state index contributed by atoms with van der Waals surface area (Å²) in [5, 5.41) is 15.2. The molecule has 4 nitrogen and oxygen atoms in total. The fourth-order valence-electron chi connectivity index (χ4n) is 1.51. The van der Waals surface area contributed by atoms with Crippen LogP contribution in [0.3, 0.4) is 0 Å². The zero-order valence-corrected chi connectivity index (χ0v) is 11.9. The molecule has 0 saturated carbocycles. The summed E-state index contributed by atoms with van der Waals surface area (Å²) in [6.45, 7) is 8.34. The van der Waals surface area contributed by atoms with Gasteiger partial charge in [0.25, 0.3) is 0 Å². The maximum atomic E-state index is 9.89. The highest BCUT2D eigenvalue weighted by Gasteiger charge is 2.13. The van der Waals surface area contributed by atoms with E-state index in [0.717, 1.165) is 12.2 Å². The van der Waals surface area contributed by atoms with Crippen molar-refractivity contribution in [1.29, 1.82) is 0 Å². The monoisotopic (exact) mass is 257 g/mol. The third kappa shape index (κ3) is 6.73. The minimum absolute atomic E-state index is 0.0501. The molecule has 98 valence electrons. The predicted octanol–water partition coefficient (Wildman–Crippen LogP) is 1.32. The van der Waals surface area contributed by atoms with Crippen molar-refractivity contribution in [2.75, 3.05) is 20.1 Å². The molecule has 5 heteroatoms. The maximum Gasteiger partial charge on any atom is 0.0795 e. The third-order valence-electron chi connectivity index (χ3n) is 2.31. The Balaban J connectivity index is 2.24. The number of nitrogens with zero attached hydrogens (tertiary/aromatic N) is 2. The van der Waals surface area contributed by atoms with Crippen LogP contribution in [0.15, 0.2) is 10.9 Å². The van der Waals surface area contributed by atoms with Crippen LogP contribution in [0.25, 0.3) is 0 Å². The number of aliphatic hydroxyl groups is 1. The molecule has 0 aliphatic heterocycles. The molecule has 0 aliphatic carbocycles. The minimum Gasteiger partial charge on any atom is -0.390 e. The Labute approximate surface area is 108 Å². The molecule has 2 N–H and O–H groups in total. The van der Waals surface area contributed by atoms with Crippen molar-refractivity contribution in [3.63, 3.8) is 0 Å². The Morgan fingerprint density at radius 3 is 2.76 bits per heavy atom. The zero-order valence-electron chi connectivity index (χ0n) is 11.1. The van der Waals surface area contributed by atoms with Crippen LogP contribution < -0.4 is 5.32 Å². The highest BCUT2D eigenvalue weighted by Crippen LogP contribution is 2.05. The van der Waals surface area contributed by atoms with Crippen molar-refractivity contribution >= 4 is 11.3 Å². The van der Waals surface area contributed by atoms with Gasteiger partial charge in [-0.3, -0.25) is 4.90 Å². The van der Waals surface area contributed by atoms with E-state index < -0.39 is 0 Å². The summed E-state index contributed by atoms with van der Waals surface area (Å²) in [5.41, 5.74) is 2.95. The van der Waals surface area contributed by atoms with Gasteiger partial charge in [-0.2, -0.15) is 0 Å². The van der Waals surface area contributed by atoms with E-state index in [1.807, 2.05) is 17.9 Å². The molecule has 1 atom stereocenters. The van der Waals surface area contributed by atoms with Crippen LogP contribution in [0.2, 0.25) is 0 Å². The van der Waals surface area contributed by atoms with Crippen molar-refractivity contribution in [2.24, 2.45) is 0 Å². The molecule has 0 radical (unpaired) electrons. The topological polar surface area (TPSA) is 48.4 Å². The van der Waals surface area contributed by atoms with Crippen molar-refractivity contribution in [1.82, 2.24) is 15.2 Å². The zero-order chi connectivity index (χ0) is 12.9. The van der Waals surface area contributed by atoms with Crippen molar-refractivity contribution in [3.05, 3.63) is 16.6 Å². The smallest absolute Gasteiger partial charge is 0.0795 e. The summed E-state index contributed by atoms with van der Waals surface area (Å²) in [5.74, 6) is 0. The number of hydrogen-bond donors (Lipinski definition) is 2. The SMILES string of the molecule is CN(Cc1cscn1)CC(O)CNC(C)(C)C. The molecular weight excluding hydrogens is 234 g/mol. The van der Waals surface area contributed by atoms with Gasteiger partial charge in [0, 0.05) is 30.6 Å². The molecule has 1 heterocycles. The lowest BCUT2D eigenvalue weighted by atomic mass is 10.1. The molecular formula is C12H23N3OS. The molecule has 0 aliphatic rings. The summed E-state index contributed by atoms with van der Waals surface area (Å²) in [6, 6.07) is 0. The number of hydrogen-bond acceptors (Lipinski definition) is 5. The summed E-state index contributed by atoms with van der Waals surface area (Å²) in [7, 11) is 2.00. The molecule has 0 fully saturated rings. The molecule has 0 spiro atoms. The van der Waals surface area contributed by atoms with E-state index in [1.54, 1.807) is 11.3 Å². The van der Waals surface area contributed by atoms with Gasteiger partial charge >= 0.3 is 0 Å². The predicted molar refractivity (Wildman–Crippen MR) is 72.2 cm³/mol. The Morgan fingerprint density at radius 2 is 2.24 bits per heavy atom. The number of thiazole rings is 1. The lowest BCUT2D eigenvalue weighted by Crippen LogP contribution is -2.44. The van der Waals surface area contributed by atoms with E-state index in [9.17, 15) is 5.11 Å². The highest BCUT2D eigenvalue weighted by molar-refractivity contribution is 7.07. The fourth-order valence-corrected chi connectivity index (χ4v) is 2.05. The molecule has 0 amide bonds. The fraction of sp³-hybridized carbons (Fsp3) is 0.750. The van der Waals surface area contributed by atoms with Crippen LogP contribution in [0.5, 0.6) is 0 Å². The van der Waals surface area contributed by atoms with Crippen molar-refractivity contribution in [2.45, 2.75) is 39.0 Å². The first-order valence-electron chi connectivity index (χ1n) is 5.85. The Morgan fingerprint density at radius 1 is 1.53 bits per heavy atom. The lowest BCUT2D eigenvalue weighted by molar-refractivity contribution is 0.114. The first kappa shape index (κ1) is 14.6. The highest BCUT2D eigenvalue weighted by atomic mass is 32.1. The van der Waals surface area contributed by atoms with Gasteiger partial charge in [-0.25, -0.2) is 4.98 Å². The second-order valence-electron chi connectivity index (χ2n) is 5.46. The summed E-state index contributed by atoms with van der Waals surface area (Å²) < 4.78 is 0. The van der Waals surface area contributed by atoms with Gasteiger partial charge < -0.3 is 10.4 Å². The number of nitrogens with one attached hydrogen (secondary N) is 1. The van der Waals surface area contributed by atoms with E-state index in [1.165, 1.54) is 0 Å². The molecule has 1 rings (SSSR count). The lowest BCUT2D eigenvalue weighted by Gasteiger charge is -2.25. The van der Waals surface area contributed by atoms with E-state index in [0.29, 0.717) is 13.1 Å². The van der Waals surface area contributed by atoms with E-state index in [4.69, 9.17) is 0 Å². The van der Waals surface area contributed by atoms with Crippen LogP contribution in [0.4, 0.5) is 0 Å². The molecule has 0 bridgehead atoms. The second kappa shape index (κ2) is 6.44. The van der Waals surface area contributed by atoms with Crippen LogP contribution >= 0.6 is 11.3 Å². The van der Waals surface area contributed by atoms with Gasteiger partial charge in [0.1, 0.15) is 0 Å². The van der Waals surface area contributed by atoms with Gasteiger partial charge in [-0.1, -0.05) is 0 Å². The van der Waals surface area contributed by atoms with Gasteiger partial charge in [-0.05, 0) is 27.8 Å². The molecule has 0 saturated heterocycles. The van der Waals surface area contributed by atoms with Gasteiger partial charge in [-0.15, -0.1) is 11.3 Å². The number of rotatable bonds is 6. The van der Waals surface area contributed by atoms with E-state index in [-0.39, 0.29) is 11.6 Å². The Kier molecular flexibility index (Phi) is 5.52. The Bertz CT molecular complexity index is 308.